The van der Waals surface area contributed by atoms with Crippen molar-refractivity contribution in [1.29, 1.82) is 0 Å². The third-order valence-corrected chi connectivity index (χ3v) is 2.46. The number of benzene rings is 1. The summed E-state index contributed by atoms with van der Waals surface area (Å²) in [6.07, 6.45) is -4.07. The summed E-state index contributed by atoms with van der Waals surface area (Å²) in [4.78, 5) is 13.2. The van der Waals surface area contributed by atoms with Crippen LogP contribution in [-0.4, -0.2) is 10.9 Å². The largest absolute Gasteiger partial charge is 0.424 e. The monoisotopic (exact) mass is 309 g/mol. The van der Waals surface area contributed by atoms with Crippen LogP contribution in [0.5, 0.6) is 0 Å². The number of carbonyl (C=O) groups is 1. The first kappa shape index (κ1) is 16.1. The number of primary amides is 1. The Bertz CT molecular complexity index is 625. The lowest BCUT2D eigenvalue weighted by Crippen LogP contribution is -2.06. The number of aromatic nitrogens is 1. The van der Waals surface area contributed by atoms with Crippen molar-refractivity contribution in [3.8, 4) is 0 Å². The van der Waals surface area contributed by atoms with Crippen molar-refractivity contribution in [1.82, 2.24) is 4.98 Å². The Labute approximate surface area is 116 Å². The first-order chi connectivity index (χ1) is 9.15. The van der Waals surface area contributed by atoms with Crippen LogP contribution in [-0.2, 0) is 11.0 Å². The number of amides is 1. The summed E-state index contributed by atoms with van der Waals surface area (Å²) in [5.74, 6) is -0.245. The van der Waals surface area contributed by atoms with Crippen LogP contribution in [0.2, 0.25) is 5.02 Å². The molecule has 20 heavy (non-hydrogen) atoms. The van der Waals surface area contributed by atoms with Crippen LogP contribution in [0.15, 0.2) is 16.5 Å². The molecule has 5 nitrogen and oxygen atoms in total. The highest BCUT2D eigenvalue weighted by Crippen LogP contribution is 2.37. The molecule has 110 valence electrons. The summed E-state index contributed by atoms with van der Waals surface area (Å²) in [7, 11) is 0. The Balaban J connectivity index is 0.000000347. The van der Waals surface area contributed by atoms with Crippen LogP contribution in [0.3, 0.4) is 0 Å². The van der Waals surface area contributed by atoms with Gasteiger partial charge in [-0.1, -0.05) is 18.5 Å². The summed E-state index contributed by atoms with van der Waals surface area (Å²) in [5, 5.41) is -0.439. The molecule has 2 aromatic rings. The van der Waals surface area contributed by atoms with Gasteiger partial charge in [-0.3, -0.25) is 4.79 Å². The molecule has 9 heteroatoms. The van der Waals surface area contributed by atoms with Crippen LogP contribution in [0.25, 0.3) is 11.1 Å². The number of alkyl halides is 3. The van der Waals surface area contributed by atoms with Crippen LogP contribution in [0, 0.1) is 0 Å². The lowest BCUT2D eigenvalue weighted by Gasteiger charge is -2.07. The van der Waals surface area contributed by atoms with Gasteiger partial charge in [0.05, 0.1) is 10.6 Å². The number of rotatable bonds is 1. The predicted octanol–water partition coefficient (Wildman–Crippen LogP) is 2.96. The van der Waals surface area contributed by atoms with E-state index in [1.54, 1.807) is 6.92 Å². The number of fused-ring (bicyclic) bond motifs is 1. The second-order valence-electron chi connectivity index (χ2n) is 3.67. The van der Waals surface area contributed by atoms with Gasteiger partial charge in [0, 0.05) is 12.5 Å². The highest BCUT2D eigenvalue weighted by atomic mass is 35.5. The molecule has 0 unspecified atom stereocenters. The minimum absolute atomic E-state index is 0.0317. The number of anilines is 1. The Hall–Kier alpha value is -1.96. The lowest BCUT2D eigenvalue weighted by molar-refractivity contribution is -0.137. The molecule has 0 aliphatic heterocycles. The molecule has 1 aromatic heterocycles. The number of nitrogens with zero attached hydrogens (tertiary/aromatic N) is 1. The summed E-state index contributed by atoms with van der Waals surface area (Å²) in [5.41, 5.74) is 9.06. The number of oxazole rings is 1. The van der Waals surface area contributed by atoms with Crippen molar-refractivity contribution < 1.29 is 22.4 Å². The van der Waals surface area contributed by atoms with Crippen LogP contribution in [0.4, 0.5) is 19.2 Å². The van der Waals surface area contributed by atoms with Crippen molar-refractivity contribution in [2.75, 3.05) is 5.73 Å². The van der Waals surface area contributed by atoms with E-state index in [-0.39, 0.29) is 23.0 Å². The molecule has 0 aliphatic carbocycles. The Morgan fingerprint density at radius 3 is 2.45 bits per heavy atom. The Morgan fingerprint density at radius 2 is 2.00 bits per heavy atom. The maximum absolute atomic E-state index is 12.4. The molecule has 1 heterocycles. The fourth-order valence-corrected chi connectivity index (χ4v) is 1.44. The first-order valence-corrected chi connectivity index (χ1v) is 5.74. The summed E-state index contributed by atoms with van der Waals surface area (Å²) < 4.78 is 42.1. The van der Waals surface area contributed by atoms with Crippen LogP contribution in [0.1, 0.15) is 18.9 Å². The predicted molar refractivity (Wildman–Crippen MR) is 67.9 cm³/mol. The average molecular weight is 310 g/mol. The van der Waals surface area contributed by atoms with Gasteiger partial charge in [-0.15, -0.1) is 0 Å². The van der Waals surface area contributed by atoms with Gasteiger partial charge in [-0.05, 0) is 6.07 Å². The van der Waals surface area contributed by atoms with Crippen LogP contribution < -0.4 is 11.5 Å². The first-order valence-electron chi connectivity index (χ1n) is 5.36. The maximum atomic E-state index is 12.4. The number of nitrogens with two attached hydrogens (primary N) is 2. The summed E-state index contributed by atoms with van der Waals surface area (Å²) in [6, 6.07) is 1.65. The fourth-order valence-electron chi connectivity index (χ4n) is 1.18. The van der Waals surface area contributed by atoms with Gasteiger partial charge in [-0.2, -0.15) is 18.2 Å². The van der Waals surface area contributed by atoms with Crippen molar-refractivity contribution in [3.63, 3.8) is 0 Å². The normalized spacial score (nSPS) is 11.1. The number of nitrogen functional groups attached to an aromatic ring is 1. The van der Waals surface area contributed by atoms with E-state index >= 15 is 0 Å². The second-order valence-corrected chi connectivity index (χ2v) is 4.08. The van der Waals surface area contributed by atoms with Crippen molar-refractivity contribution in [2.24, 2.45) is 5.73 Å². The van der Waals surface area contributed by atoms with Crippen molar-refractivity contribution in [3.05, 3.63) is 22.7 Å². The molecule has 0 aliphatic rings. The smallest absolute Gasteiger partial charge is 0.417 e. The van der Waals surface area contributed by atoms with Gasteiger partial charge in [0.1, 0.15) is 5.52 Å². The lowest BCUT2D eigenvalue weighted by atomic mass is 10.2. The molecule has 1 amide bonds. The minimum atomic E-state index is -4.51. The average Bonchev–Trinajstić information content (AvgIpc) is 2.66. The molecular formula is C11H11ClF3N3O2. The molecule has 0 spiro atoms. The molecule has 0 atom stereocenters. The Morgan fingerprint density at radius 1 is 1.45 bits per heavy atom. The zero-order valence-electron chi connectivity index (χ0n) is 10.3. The molecule has 0 radical (unpaired) electrons. The quantitative estimate of drug-likeness (QED) is 0.846. The third kappa shape index (κ3) is 4.02. The SMILES string of the molecule is CCC(N)=O.Nc1nc2cc(C(F)(F)F)c(Cl)cc2o1. The topological polar surface area (TPSA) is 95.1 Å². The second kappa shape index (κ2) is 6.00. The molecular weight excluding hydrogens is 299 g/mol. The van der Waals surface area contributed by atoms with Gasteiger partial charge >= 0.3 is 6.18 Å². The van der Waals surface area contributed by atoms with E-state index < -0.39 is 16.8 Å². The molecule has 0 saturated heterocycles. The number of halogens is 4. The van der Waals surface area contributed by atoms with Gasteiger partial charge in [0.15, 0.2) is 5.58 Å². The summed E-state index contributed by atoms with van der Waals surface area (Å²) in [6.45, 7) is 1.72. The van der Waals surface area contributed by atoms with Crippen molar-refractivity contribution >= 4 is 34.6 Å². The van der Waals surface area contributed by atoms with E-state index in [9.17, 15) is 18.0 Å². The van der Waals surface area contributed by atoms with E-state index in [4.69, 9.17) is 21.8 Å². The number of hydrogen-bond donors (Lipinski definition) is 2. The van der Waals surface area contributed by atoms with E-state index in [2.05, 4.69) is 10.7 Å². The van der Waals surface area contributed by atoms with Gasteiger partial charge in [0.25, 0.3) is 6.01 Å². The van der Waals surface area contributed by atoms with Crippen molar-refractivity contribution in [2.45, 2.75) is 19.5 Å². The van der Waals surface area contributed by atoms with E-state index in [1.165, 1.54) is 0 Å². The molecule has 0 fully saturated rings. The minimum Gasteiger partial charge on any atom is -0.424 e. The van der Waals surface area contributed by atoms with Gasteiger partial charge < -0.3 is 15.9 Å². The summed E-state index contributed by atoms with van der Waals surface area (Å²) >= 11 is 5.45. The Kier molecular flexibility index (Phi) is 4.83. The van der Waals surface area contributed by atoms with Gasteiger partial charge in [-0.25, -0.2) is 0 Å². The zero-order valence-corrected chi connectivity index (χ0v) is 11.0. The molecule has 4 N–H and O–H groups in total. The molecule has 1 aromatic carbocycles. The number of hydrogen-bond acceptors (Lipinski definition) is 4. The highest BCUT2D eigenvalue weighted by molar-refractivity contribution is 6.32. The van der Waals surface area contributed by atoms with Crippen LogP contribution >= 0.6 is 11.6 Å². The molecule has 0 bridgehead atoms. The standard InChI is InChI=1S/C8H4ClF3N2O.C3H7NO/c9-4-2-6-5(14-7(13)15-6)1-3(4)8(10,11)12;1-2-3(4)5/h1-2H,(H2,13,14);2H2,1H3,(H2,4,5). The zero-order chi connectivity index (χ0) is 15.5. The van der Waals surface area contributed by atoms with E-state index in [0.717, 1.165) is 12.1 Å². The van der Waals surface area contributed by atoms with Gasteiger partial charge in [0.2, 0.25) is 5.91 Å². The third-order valence-electron chi connectivity index (χ3n) is 2.15. The molecule has 0 saturated carbocycles. The molecule has 2 rings (SSSR count). The fraction of sp³-hybridized carbons (Fsp3) is 0.273. The maximum Gasteiger partial charge on any atom is 0.417 e. The number of carbonyl (C=O) groups excluding carboxylic acids is 1. The van der Waals surface area contributed by atoms with E-state index in [1.807, 2.05) is 0 Å². The highest BCUT2D eigenvalue weighted by Gasteiger charge is 2.34. The van der Waals surface area contributed by atoms with E-state index in [0.29, 0.717) is 6.42 Å².